The van der Waals surface area contributed by atoms with E-state index in [0.717, 1.165) is 58.0 Å². The molecule has 2 aromatic carbocycles. The maximum Gasteiger partial charge on any atom is 0.356 e. The number of hydrogen-bond acceptors (Lipinski definition) is 6. The molecule has 31 heavy (non-hydrogen) atoms. The lowest BCUT2D eigenvalue weighted by Gasteiger charge is -2.22. The van der Waals surface area contributed by atoms with Gasteiger partial charge in [0.1, 0.15) is 0 Å². The number of carbonyl (C=O) groups is 2. The molecule has 2 aliphatic heterocycles. The van der Waals surface area contributed by atoms with Crippen LogP contribution in [0, 0.1) is 0 Å². The van der Waals surface area contributed by atoms with Crippen LogP contribution in [-0.4, -0.2) is 41.7 Å². The van der Waals surface area contributed by atoms with E-state index in [1.165, 1.54) is 4.73 Å². The summed E-state index contributed by atoms with van der Waals surface area (Å²) in [6.07, 6.45) is 5.11. The highest BCUT2D eigenvalue weighted by Gasteiger charge is 2.28. The molecule has 3 heterocycles. The van der Waals surface area contributed by atoms with Crippen molar-refractivity contribution in [3.63, 3.8) is 0 Å². The predicted octanol–water partition coefficient (Wildman–Crippen LogP) is 3.94. The molecule has 0 atom stereocenters. The number of benzene rings is 2. The molecule has 0 radical (unpaired) electrons. The number of ether oxygens (including phenoxy) is 1. The van der Waals surface area contributed by atoms with Crippen LogP contribution in [0.15, 0.2) is 76.5 Å². The van der Waals surface area contributed by atoms with Crippen LogP contribution in [0.2, 0.25) is 0 Å². The summed E-state index contributed by atoms with van der Waals surface area (Å²) in [6.45, 7) is 1.69. The van der Waals surface area contributed by atoms with Crippen molar-refractivity contribution in [2.75, 3.05) is 20.1 Å². The lowest BCUT2D eigenvalue weighted by molar-refractivity contribution is -0.142. The van der Waals surface area contributed by atoms with Gasteiger partial charge in [-0.25, -0.2) is 9.59 Å². The van der Waals surface area contributed by atoms with Gasteiger partial charge in [-0.1, -0.05) is 36.0 Å². The summed E-state index contributed by atoms with van der Waals surface area (Å²) in [5, 5.41) is 0.884. The van der Waals surface area contributed by atoms with Crippen molar-refractivity contribution in [1.82, 2.24) is 9.63 Å². The van der Waals surface area contributed by atoms with Crippen molar-refractivity contribution < 1.29 is 19.2 Å². The molecule has 1 aromatic heterocycles. The first-order valence-corrected chi connectivity index (χ1v) is 10.8. The Morgan fingerprint density at radius 3 is 2.55 bits per heavy atom. The molecule has 0 saturated carbocycles. The second-order valence-corrected chi connectivity index (χ2v) is 8.62. The van der Waals surface area contributed by atoms with Crippen LogP contribution in [0.3, 0.4) is 0 Å². The van der Waals surface area contributed by atoms with Crippen LogP contribution >= 0.6 is 11.8 Å². The minimum Gasteiger partial charge on any atom is -0.402 e. The molecule has 6 nitrogen and oxygen atoms in total. The van der Waals surface area contributed by atoms with Crippen molar-refractivity contribution in [3.8, 4) is 5.88 Å². The Labute approximate surface area is 183 Å². The van der Waals surface area contributed by atoms with Crippen LogP contribution in [0.4, 0.5) is 0 Å². The monoisotopic (exact) mass is 432 g/mol. The molecule has 0 unspecified atom stereocenters. The molecular weight excluding hydrogens is 412 g/mol. The van der Waals surface area contributed by atoms with Crippen LogP contribution < -0.4 is 9.57 Å². The third-order valence-corrected chi connectivity index (χ3v) is 6.30. The zero-order valence-corrected chi connectivity index (χ0v) is 17.7. The van der Waals surface area contributed by atoms with Gasteiger partial charge < -0.3 is 14.5 Å². The summed E-state index contributed by atoms with van der Waals surface area (Å²) in [5.41, 5.74) is 2.56. The second kappa shape index (κ2) is 8.09. The van der Waals surface area contributed by atoms with Gasteiger partial charge in [0.25, 0.3) is 0 Å². The van der Waals surface area contributed by atoms with Crippen molar-refractivity contribution in [3.05, 3.63) is 72.3 Å². The van der Waals surface area contributed by atoms with Crippen molar-refractivity contribution in [1.29, 1.82) is 0 Å². The number of nitrogens with zero attached hydrogens (tertiary/aromatic N) is 2. The quantitative estimate of drug-likeness (QED) is 0.585. The normalized spacial score (nSPS) is 17.9. The Kier molecular flexibility index (Phi) is 5.13. The van der Waals surface area contributed by atoms with E-state index in [9.17, 15) is 9.59 Å². The van der Waals surface area contributed by atoms with Crippen LogP contribution in [0.5, 0.6) is 5.88 Å². The van der Waals surface area contributed by atoms with E-state index in [1.54, 1.807) is 11.8 Å². The average molecular weight is 433 g/mol. The lowest BCUT2D eigenvalue weighted by Crippen LogP contribution is -2.25. The van der Waals surface area contributed by atoms with Gasteiger partial charge in [-0.05, 0) is 49.4 Å². The molecule has 0 spiro atoms. The van der Waals surface area contributed by atoms with Gasteiger partial charge >= 0.3 is 11.9 Å². The van der Waals surface area contributed by atoms with Gasteiger partial charge in [0.15, 0.2) is 0 Å². The maximum atomic E-state index is 12.3. The smallest absolute Gasteiger partial charge is 0.356 e. The Hall–Kier alpha value is -3.29. The molecule has 0 saturated heterocycles. The highest BCUT2D eigenvalue weighted by atomic mass is 32.2. The minimum atomic E-state index is -0.624. The fraction of sp³-hybridized carbons (Fsp3) is 0.167. The van der Waals surface area contributed by atoms with Gasteiger partial charge in [-0.15, -0.1) is 4.73 Å². The fourth-order valence-corrected chi connectivity index (χ4v) is 4.66. The van der Waals surface area contributed by atoms with Crippen LogP contribution in [0.25, 0.3) is 16.5 Å². The van der Waals surface area contributed by atoms with Crippen LogP contribution in [-0.2, 0) is 9.59 Å². The van der Waals surface area contributed by atoms with Crippen molar-refractivity contribution in [2.45, 2.75) is 16.2 Å². The number of likely N-dealkylation sites (N-methyl/N-ethyl adjacent to an activating group) is 1. The molecule has 7 heteroatoms. The number of carbonyl (C=O) groups excluding carboxylic acids is 2. The Morgan fingerprint density at radius 2 is 1.77 bits per heavy atom. The van der Waals surface area contributed by atoms with E-state index in [2.05, 4.69) is 36.2 Å². The third-order valence-electron chi connectivity index (χ3n) is 5.30. The van der Waals surface area contributed by atoms with Gasteiger partial charge in [-0.3, -0.25) is 0 Å². The molecule has 0 fully saturated rings. The standard InChI is InChI=1S/C24H20N2O4S/c1-25-13-11-16(12-14-25)23-19-15-18(31-17-5-3-2-4-6-17)7-8-20(19)26-24(23)29-21(27)9-10-22(28)30-26/h2-11,15H,12-14H2,1H3/b10-9+. The first-order chi connectivity index (χ1) is 15.1. The third kappa shape index (κ3) is 3.89. The molecule has 2 aliphatic rings. The summed E-state index contributed by atoms with van der Waals surface area (Å²) in [5.74, 6) is -0.980. The van der Waals surface area contributed by atoms with Crippen molar-refractivity contribution >= 4 is 40.2 Å². The molecule has 0 aliphatic carbocycles. The summed E-state index contributed by atoms with van der Waals surface area (Å²) < 4.78 is 6.98. The average Bonchev–Trinajstić information content (AvgIpc) is 3.04. The number of hydrogen-bond donors (Lipinski definition) is 0. The van der Waals surface area contributed by atoms with E-state index in [-0.39, 0.29) is 5.88 Å². The first-order valence-electron chi connectivity index (χ1n) is 10.00. The minimum absolute atomic E-state index is 0.246. The number of esters is 1. The van der Waals surface area contributed by atoms with Gasteiger partial charge in [-0.2, -0.15) is 0 Å². The van der Waals surface area contributed by atoms with Crippen molar-refractivity contribution in [2.24, 2.45) is 0 Å². The second-order valence-electron chi connectivity index (χ2n) is 7.47. The predicted molar refractivity (Wildman–Crippen MR) is 119 cm³/mol. The number of rotatable bonds is 3. The Bertz CT molecular complexity index is 1240. The largest absolute Gasteiger partial charge is 0.402 e. The van der Waals surface area contributed by atoms with E-state index in [0.29, 0.717) is 5.52 Å². The molecule has 5 rings (SSSR count). The molecule has 0 N–H and O–H groups in total. The van der Waals surface area contributed by atoms with Gasteiger partial charge in [0.05, 0.1) is 11.1 Å². The Balaban J connectivity index is 1.69. The van der Waals surface area contributed by atoms with E-state index < -0.39 is 11.9 Å². The first kappa shape index (κ1) is 19.7. The topological polar surface area (TPSA) is 60.8 Å². The van der Waals surface area contributed by atoms with E-state index in [4.69, 9.17) is 9.57 Å². The highest BCUT2D eigenvalue weighted by Crippen LogP contribution is 2.41. The zero-order valence-electron chi connectivity index (χ0n) is 16.9. The zero-order chi connectivity index (χ0) is 21.4. The molecule has 3 aromatic rings. The fourth-order valence-electron chi connectivity index (χ4n) is 3.78. The van der Waals surface area contributed by atoms with E-state index in [1.807, 2.05) is 30.3 Å². The van der Waals surface area contributed by atoms with Crippen LogP contribution in [0.1, 0.15) is 12.0 Å². The molecule has 0 bridgehead atoms. The van der Waals surface area contributed by atoms with Gasteiger partial charge in [0.2, 0.25) is 5.88 Å². The molecule has 156 valence electrons. The summed E-state index contributed by atoms with van der Waals surface area (Å²) >= 11 is 1.65. The SMILES string of the molecule is CN1CC=C(c2c3n(c4ccc(Sc5ccccc5)cc24)OC(=O)/C=C/C(=O)O3)CC1. The maximum absolute atomic E-state index is 12.3. The molecular formula is C24H20N2O4S. The molecule has 0 amide bonds. The number of fused-ring (bicyclic) bond motifs is 3. The highest BCUT2D eigenvalue weighted by molar-refractivity contribution is 7.99. The summed E-state index contributed by atoms with van der Waals surface area (Å²) in [4.78, 5) is 34.3. The van der Waals surface area contributed by atoms with Gasteiger partial charge in [0, 0.05) is 40.4 Å². The summed E-state index contributed by atoms with van der Waals surface area (Å²) in [7, 11) is 2.07. The Morgan fingerprint density at radius 1 is 0.968 bits per heavy atom. The number of aromatic nitrogens is 1. The lowest BCUT2D eigenvalue weighted by atomic mass is 9.98. The summed E-state index contributed by atoms with van der Waals surface area (Å²) in [6, 6.07) is 16.1. The van der Waals surface area contributed by atoms with E-state index >= 15 is 0 Å².